The number of aromatic nitrogens is 1. The molecule has 0 radical (unpaired) electrons. The molecule has 3 rings (SSSR count). The third-order valence-corrected chi connectivity index (χ3v) is 5.89. The smallest absolute Gasteiger partial charge is 0.0491 e. The van der Waals surface area contributed by atoms with Gasteiger partial charge in [-0.3, -0.25) is 0 Å². The average Bonchev–Trinajstić information content (AvgIpc) is 3.08. The Bertz CT molecular complexity index is 1030. The van der Waals surface area contributed by atoms with Crippen LogP contribution in [0.3, 0.4) is 0 Å². The standard InChI is InChI=1S/C24H31N7/c1-2-3-4-5-6-7-8-9-10-11-16-31-23-14-12-19(27-29-25)17-21(23)22-18-20(28-30-26)13-15-24(22)31/h12-15,17-18H,2-11,16H2,1H3. The summed E-state index contributed by atoms with van der Waals surface area (Å²) in [4.78, 5) is 5.81. The molecule has 0 aliphatic rings. The zero-order valence-corrected chi connectivity index (χ0v) is 18.4. The summed E-state index contributed by atoms with van der Waals surface area (Å²) >= 11 is 0. The first-order valence-corrected chi connectivity index (χ1v) is 11.4. The van der Waals surface area contributed by atoms with Crippen LogP contribution in [0.25, 0.3) is 42.7 Å². The van der Waals surface area contributed by atoms with Gasteiger partial charge in [0.25, 0.3) is 0 Å². The lowest BCUT2D eigenvalue weighted by Gasteiger charge is -2.08. The van der Waals surface area contributed by atoms with Gasteiger partial charge in [-0.15, -0.1) is 0 Å². The van der Waals surface area contributed by atoms with Crippen molar-refractivity contribution in [3.63, 3.8) is 0 Å². The number of benzene rings is 2. The van der Waals surface area contributed by atoms with Crippen LogP contribution in [0, 0.1) is 0 Å². The maximum atomic E-state index is 8.78. The highest BCUT2D eigenvalue weighted by molar-refractivity contribution is 6.09. The van der Waals surface area contributed by atoms with Gasteiger partial charge in [0.2, 0.25) is 0 Å². The first kappa shape index (κ1) is 22.5. The molecule has 0 spiro atoms. The maximum absolute atomic E-state index is 8.78. The van der Waals surface area contributed by atoms with Gasteiger partial charge in [0.15, 0.2) is 0 Å². The Morgan fingerprint density at radius 1 is 0.677 bits per heavy atom. The van der Waals surface area contributed by atoms with Crippen LogP contribution in [-0.2, 0) is 6.54 Å². The van der Waals surface area contributed by atoms with Crippen molar-refractivity contribution >= 4 is 33.2 Å². The van der Waals surface area contributed by atoms with Crippen molar-refractivity contribution in [1.82, 2.24) is 4.57 Å². The second kappa shape index (κ2) is 11.9. The van der Waals surface area contributed by atoms with E-state index in [4.69, 9.17) is 11.1 Å². The molecular formula is C24H31N7. The summed E-state index contributed by atoms with van der Waals surface area (Å²) < 4.78 is 2.33. The number of hydrogen-bond donors (Lipinski definition) is 0. The Hall–Kier alpha value is -3.14. The van der Waals surface area contributed by atoms with Gasteiger partial charge >= 0.3 is 0 Å². The molecule has 0 N–H and O–H groups in total. The normalized spacial score (nSPS) is 10.9. The summed E-state index contributed by atoms with van der Waals surface area (Å²) in [5.74, 6) is 0. The van der Waals surface area contributed by atoms with Gasteiger partial charge in [0.05, 0.1) is 0 Å². The predicted octanol–water partition coefficient (Wildman–Crippen LogP) is 9.60. The molecule has 162 valence electrons. The zero-order chi connectivity index (χ0) is 21.9. The fourth-order valence-electron chi connectivity index (χ4n) is 4.31. The van der Waals surface area contributed by atoms with Crippen LogP contribution >= 0.6 is 0 Å². The topological polar surface area (TPSA) is 102 Å². The Morgan fingerprint density at radius 2 is 1.13 bits per heavy atom. The highest BCUT2D eigenvalue weighted by Crippen LogP contribution is 2.34. The van der Waals surface area contributed by atoms with Crippen LogP contribution in [0.1, 0.15) is 71.1 Å². The molecule has 3 aromatic rings. The van der Waals surface area contributed by atoms with Crippen LogP contribution in [0.4, 0.5) is 11.4 Å². The van der Waals surface area contributed by atoms with Crippen molar-refractivity contribution in [2.45, 2.75) is 77.7 Å². The lowest BCUT2D eigenvalue weighted by molar-refractivity contribution is 0.541. The molecule has 7 heteroatoms. The third-order valence-electron chi connectivity index (χ3n) is 5.89. The van der Waals surface area contributed by atoms with E-state index < -0.39 is 0 Å². The molecule has 0 bridgehead atoms. The first-order valence-electron chi connectivity index (χ1n) is 11.4. The monoisotopic (exact) mass is 417 g/mol. The number of hydrogen-bond acceptors (Lipinski definition) is 2. The molecule has 0 aliphatic heterocycles. The van der Waals surface area contributed by atoms with Crippen LogP contribution in [0.5, 0.6) is 0 Å². The van der Waals surface area contributed by atoms with Crippen molar-refractivity contribution in [3.05, 3.63) is 57.3 Å². The molecule has 1 aromatic heterocycles. The Balaban J connectivity index is 1.69. The summed E-state index contributed by atoms with van der Waals surface area (Å²) in [5.41, 5.74) is 21.0. The SMILES string of the molecule is CCCCCCCCCCCCn1c2ccc(N=[N+]=[N-])cc2c2cc(N=[N+]=[N-])ccc21. The van der Waals surface area contributed by atoms with Crippen LogP contribution in [-0.4, -0.2) is 4.57 Å². The van der Waals surface area contributed by atoms with E-state index in [9.17, 15) is 0 Å². The zero-order valence-electron chi connectivity index (χ0n) is 18.4. The van der Waals surface area contributed by atoms with Crippen molar-refractivity contribution in [3.8, 4) is 0 Å². The Morgan fingerprint density at radius 3 is 1.58 bits per heavy atom. The van der Waals surface area contributed by atoms with E-state index in [0.717, 1.165) is 34.8 Å². The second-order valence-electron chi connectivity index (χ2n) is 8.12. The van der Waals surface area contributed by atoms with Gasteiger partial charge in [-0.25, -0.2) is 0 Å². The molecule has 31 heavy (non-hydrogen) atoms. The van der Waals surface area contributed by atoms with Crippen molar-refractivity contribution in [2.75, 3.05) is 0 Å². The van der Waals surface area contributed by atoms with Crippen molar-refractivity contribution in [1.29, 1.82) is 0 Å². The predicted molar refractivity (Wildman–Crippen MR) is 129 cm³/mol. The summed E-state index contributed by atoms with van der Waals surface area (Å²) in [6.07, 6.45) is 13.1. The molecule has 1 heterocycles. The van der Waals surface area contributed by atoms with E-state index in [1.165, 1.54) is 57.8 Å². The first-order chi connectivity index (χ1) is 15.3. The average molecular weight is 418 g/mol. The number of unbranched alkanes of at least 4 members (excludes halogenated alkanes) is 9. The summed E-state index contributed by atoms with van der Waals surface area (Å²) in [7, 11) is 0. The van der Waals surface area contributed by atoms with Gasteiger partial charge in [-0.05, 0) is 41.7 Å². The highest BCUT2D eigenvalue weighted by atomic mass is 15.1. The number of azide groups is 2. The third kappa shape index (κ3) is 5.94. The molecule has 0 fully saturated rings. The largest absolute Gasteiger partial charge is 0.340 e. The van der Waals surface area contributed by atoms with Crippen LogP contribution < -0.4 is 0 Å². The van der Waals surface area contributed by atoms with E-state index in [1.807, 2.05) is 36.4 Å². The molecule has 0 aliphatic carbocycles. The minimum absolute atomic E-state index is 0.585. The van der Waals surface area contributed by atoms with E-state index in [2.05, 4.69) is 31.5 Å². The molecule has 0 amide bonds. The molecule has 0 saturated carbocycles. The van der Waals surface area contributed by atoms with Crippen LogP contribution in [0.15, 0.2) is 46.6 Å². The quantitative estimate of drug-likeness (QED) is 0.114. The minimum atomic E-state index is 0.585. The van der Waals surface area contributed by atoms with Gasteiger partial charge < -0.3 is 4.57 Å². The van der Waals surface area contributed by atoms with Gasteiger partial charge in [-0.1, -0.05) is 87.1 Å². The maximum Gasteiger partial charge on any atom is 0.0491 e. The van der Waals surface area contributed by atoms with E-state index in [0.29, 0.717) is 11.4 Å². The molecule has 2 aromatic carbocycles. The number of fused-ring (bicyclic) bond motifs is 3. The van der Waals surface area contributed by atoms with Gasteiger partial charge in [0.1, 0.15) is 0 Å². The Kier molecular flexibility index (Phi) is 8.65. The molecule has 0 saturated heterocycles. The number of nitrogens with zero attached hydrogens (tertiary/aromatic N) is 7. The van der Waals surface area contributed by atoms with Crippen molar-refractivity contribution in [2.24, 2.45) is 10.2 Å². The summed E-state index contributed by atoms with van der Waals surface area (Å²) in [5, 5.41) is 9.53. The summed E-state index contributed by atoms with van der Waals surface area (Å²) in [6.45, 7) is 3.20. The summed E-state index contributed by atoms with van der Waals surface area (Å²) in [6, 6.07) is 11.6. The fraction of sp³-hybridized carbons (Fsp3) is 0.500. The Labute approximate surface area is 183 Å². The van der Waals surface area contributed by atoms with E-state index in [1.54, 1.807) is 0 Å². The van der Waals surface area contributed by atoms with E-state index >= 15 is 0 Å². The van der Waals surface area contributed by atoms with E-state index in [-0.39, 0.29) is 0 Å². The van der Waals surface area contributed by atoms with Crippen molar-refractivity contribution < 1.29 is 0 Å². The lowest BCUT2D eigenvalue weighted by atomic mass is 10.1. The highest BCUT2D eigenvalue weighted by Gasteiger charge is 2.11. The minimum Gasteiger partial charge on any atom is -0.340 e. The van der Waals surface area contributed by atoms with Gasteiger partial charge in [-0.2, -0.15) is 0 Å². The molecular weight excluding hydrogens is 386 g/mol. The number of aryl methyl sites for hydroxylation is 1. The second-order valence-corrected chi connectivity index (χ2v) is 8.12. The van der Waals surface area contributed by atoms with Crippen LogP contribution in [0.2, 0.25) is 0 Å². The number of rotatable bonds is 13. The molecule has 0 unspecified atom stereocenters. The lowest BCUT2D eigenvalue weighted by Crippen LogP contribution is -1.97. The molecule has 7 nitrogen and oxygen atoms in total. The fourth-order valence-corrected chi connectivity index (χ4v) is 4.31. The molecule has 0 atom stereocenters. The van der Waals surface area contributed by atoms with Gasteiger partial charge in [0, 0.05) is 49.5 Å².